The summed E-state index contributed by atoms with van der Waals surface area (Å²) in [4.78, 5) is 11.0. The van der Waals surface area contributed by atoms with Crippen LogP contribution in [-0.4, -0.2) is 11.1 Å². The van der Waals surface area contributed by atoms with E-state index in [1.54, 1.807) is 12.1 Å². The van der Waals surface area contributed by atoms with Crippen LogP contribution in [-0.2, 0) is 12.8 Å². The molecule has 2 aromatic rings. The van der Waals surface area contributed by atoms with Gasteiger partial charge in [0.2, 0.25) is 0 Å². The molecule has 1 aromatic heterocycles. The Hall–Kier alpha value is -1.77. The summed E-state index contributed by atoms with van der Waals surface area (Å²) >= 11 is 0. The molecule has 1 aliphatic carbocycles. The molecule has 0 unspecified atom stereocenters. The van der Waals surface area contributed by atoms with Crippen molar-refractivity contribution < 1.29 is 14.3 Å². The smallest absolute Gasteiger partial charge is 0.339 e. The van der Waals surface area contributed by atoms with Gasteiger partial charge in [0.25, 0.3) is 0 Å². The number of para-hydroxylation sites is 1. The SMILES string of the molecule is O=C(O)c1cccc2c3c(oc12)CCC3. The molecule has 0 spiro atoms. The molecule has 1 aliphatic rings. The minimum absolute atomic E-state index is 0.266. The van der Waals surface area contributed by atoms with Crippen molar-refractivity contribution in [2.45, 2.75) is 19.3 Å². The van der Waals surface area contributed by atoms with Crippen molar-refractivity contribution in [3.63, 3.8) is 0 Å². The molecular formula is C12H10O3. The summed E-state index contributed by atoms with van der Waals surface area (Å²) < 4.78 is 5.62. The number of fused-ring (bicyclic) bond motifs is 3. The highest BCUT2D eigenvalue weighted by Gasteiger charge is 2.22. The van der Waals surface area contributed by atoms with Gasteiger partial charge >= 0.3 is 5.97 Å². The fourth-order valence-corrected chi connectivity index (χ4v) is 2.29. The summed E-state index contributed by atoms with van der Waals surface area (Å²) in [5, 5.41) is 9.99. The lowest BCUT2D eigenvalue weighted by Crippen LogP contribution is -1.96. The summed E-state index contributed by atoms with van der Waals surface area (Å²) in [6.45, 7) is 0. The van der Waals surface area contributed by atoms with Crippen molar-refractivity contribution >= 4 is 16.9 Å². The zero-order chi connectivity index (χ0) is 10.4. The van der Waals surface area contributed by atoms with Gasteiger partial charge in [-0.15, -0.1) is 0 Å². The molecule has 0 saturated carbocycles. The summed E-state index contributed by atoms with van der Waals surface area (Å²) in [5.41, 5.74) is 2.00. The lowest BCUT2D eigenvalue weighted by Gasteiger charge is -1.96. The molecule has 1 N–H and O–H groups in total. The van der Waals surface area contributed by atoms with Crippen LogP contribution in [0.1, 0.15) is 28.1 Å². The van der Waals surface area contributed by atoms with Gasteiger partial charge in [0.05, 0.1) is 0 Å². The molecular weight excluding hydrogens is 192 g/mol. The van der Waals surface area contributed by atoms with Crippen LogP contribution in [0.15, 0.2) is 22.6 Å². The van der Waals surface area contributed by atoms with Crippen molar-refractivity contribution in [2.75, 3.05) is 0 Å². The average Bonchev–Trinajstić information content (AvgIpc) is 2.75. The number of furan rings is 1. The Balaban J connectivity index is 2.37. The highest BCUT2D eigenvalue weighted by Crippen LogP contribution is 2.34. The summed E-state index contributed by atoms with van der Waals surface area (Å²) in [6.07, 6.45) is 3.05. The second-order valence-corrected chi connectivity index (χ2v) is 3.84. The Morgan fingerprint density at radius 3 is 3.00 bits per heavy atom. The molecule has 0 aliphatic heterocycles. The van der Waals surface area contributed by atoms with Crippen molar-refractivity contribution in [1.29, 1.82) is 0 Å². The van der Waals surface area contributed by atoms with Crippen LogP contribution in [0.3, 0.4) is 0 Å². The van der Waals surface area contributed by atoms with E-state index >= 15 is 0 Å². The Labute approximate surface area is 86.3 Å². The molecule has 3 nitrogen and oxygen atoms in total. The van der Waals surface area contributed by atoms with Gasteiger partial charge in [-0.2, -0.15) is 0 Å². The van der Waals surface area contributed by atoms with Crippen molar-refractivity contribution in [3.8, 4) is 0 Å². The Morgan fingerprint density at radius 2 is 2.20 bits per heavy atom. The highest BCUT2D eigenvalue weighted by atomic mass is 16.4. The van der Waals surface area contributed by atoms with Crippen molar-refractivity contribution in [3.05, 3.63) is 35.1 Å². The van der Waals surface area contributed by atoms with E-state index in [0.29, 0.717) is 5.58 Å². The van der Waals surface area contributed by atoms with E-state index in [2.05, 4.69) is 0 Å². The third-order valence-corrected chi connectivity index (χ3v) is 2.96. The van der Waals surface area contributed by atoms with Crippen LogP contribution in [0.5, 0.6) is 0 Å². The summed E-state index contributed by atoms with van der Waals surface area (Å²) in [5.74, 6) is 0.0479. The number of carboxylic acid groups (broad SMARTS) is 1. The average molecular weight is 202 g/mol. The Morgan fingerprint density at radius 1 is 1.33 bits per heavy atom. The van der Waals surface area contributed by atoms with Crippen LogP contribution < -0.4 is 0 Å². The first-order valence-electron chi connectivity index (χ1n) is 5.04. The topological polar surface area (TPSA) is 50.4 Å². The second kappa shape index (κ2) is 2.86. The largest absolute Gasteiger partial charge is 0.478 e. The molecule has 1 heterocycles. The number of aromatic carboxylic acids is 1. The summed E-state index contributed by atoms with van der Waals surface area (Å²) in [6, 6.07) is 5.30. The van der Waals surface area contributed by atoms with Crippen LogP contribution >= 0.6 is 0 Å². The maximum atomic E-state index is 11.0. The van der Waals surface area contributed by atoms with E-state index in [-0.39, 0.29) is 5.56 Å². The maximum Gasteiger partial charge on any atom is 0.339 e. The van der Waals surface area contributed by atoms with E-state index in [1.807, 2.05) is 6.07 Å². The van der Waals surface area contributed by atoms with Crippen LogP contribution in [0.4, 0.5) is 0 Å². The first-order valence-corrected chi connectivity index (χ1v) is 5.04. The van der Waals surface area contributed by atoms with Gasteiger partial charge in [-0.3, -0.25) is 0 Å². The first-order chi connectivity index (χ1) is 7.27. The number of benzene rings is 1. The minimum atomic E-state index is -0.923. The predicted octanol–water partition coefficient (Wildman–Crippen LogP) is 2.62. The number of carboxylic acids is 1. The molecule has 0 amide bonds. The Bertz CT molecular complexity index is 551. The quantitative estimate of drug-likeness (QED) is 0.773. The van der Waals surface area contributed by atoms with Gasteiger partial charge < -0.3 is 9.52 Å². The fraction of sp³-hybridized carbons (Fsp3) is 0.250. The van der Waals surface area contributed by atoms with Gasteiger partial charge in [0.1, 0.15) is 16.9 Å². The molecule has 3 rings (SSSR count). The van der Waals surface area contributed by atoms with Gasteiger partial charge in [0.15, 0.2) is 0 Å². The number of carbonyl (C=O) groups is 1. The van der Waals surface area contributed by atoms with E-state index < -0.39 is 5.97 Å². The lowest BCUT2D eigenvalue weighted by molar-refractivity contribution is 0.0698. The molecule has 0 fully saturated rings. The maximum absolute atomic E-state index is 11.0. The number of hydrogen-bond donors (Lipinski definition) is 1. The normalized spacial score (nSPS) is 14.4. The molecule has 1 aromatic carbocycles. The van der Waals surface area contributed by atoms with Gasteiger partial charge in [0, 0.05) is 17.4 Å². The van der Waals surface area contributed by atoms with Crippen molar-refractivity contribution in [1.82, 2.24) is 0 Å². The fourth-order valence-electron chi connectivity index (χ4n) is 2.29. The lowest BCUT2D eigenvalue weighted by atomic mass is 10.1. The second-order valence-electron chi connectivity index (χ2n) is 3.84. The van der Waals surface area contributed by atoms with Crippen LogP contribution in [0.2, 0.25) is 0 Å². The molecule has 76 valence electrons. The number of hydrogen-bond acceptors (Lipinski definition) is 2. The third-order valence-electron chi connectivity index (χ3n) is 2.96. The molecule has 0 saturated heterocycles. The molecule has 3 heteroatoms. The standard InChI is InChI=1S/C12H10O3/c13-12(14)9-5-1-4-8-7-3-2-6-10(7)15-11(8)9/h1,4-5H,2-3,6H2,(H,13,14). The molecule has 0 radical (unpaired) electrons. The van der Waals surface area contributed by atoms with Crippen molar-refractivity contribution in [2.24, 2.45) is 0 Å². The first kappa shape index (κ1) is 8.53. The number of aryl methyl sites for hydroxylation is 2. The highest BCUT2D eigenvalue weighted by molar-refractivity contribution is 6.02. The van der Waals surface area contributed by atoms with Gasteiger partial charge in [-0.25, -0.2) is 4.79 Å². The molecule has 15 heavy (non-hydrogen) atoms. The molecule has 0 atom stereocenters. The summed E-state index contributed by atoms with van der Waals surface area (Å²) in [7, 11) is 0. The predicted molar refractivity (Wildman–Crippen MR) is 55.2 cm³/mol. The van der Waals surface area contributed by atoms with E-state index in [1.165, 1.54) is 5.56 Å². The zero-order valence-electron chi connectivity index (χ0n) is 8.12. The van der Waals surface area contributed by atoms with Crippen LogP contribution in [0, 0.1) is 0 Å². The minimum Gasteiger partial charge on any atom is -0.478 e. The third kappa shape index (κ3) is 1.09. The van der Waals surface area contributed by atoms with E-state index in [9.17, 15) is 4.79 Å². The number of rotatable bonds is 1. The van der Waals surface area contributed by atoms with Crippen LogP contribution in [0.25, 0.3) is 11.0 Å². The zero-order valence-corrected chi connectivity index (χ0v) is 8.12. The van der Waals surface area contributed by atoms with E-state index in [0.717, 1.165) is 30.4 Å². The monoisotopic (exact) mass is 202 g/mol. The van der Waals surface area contributed by atoms with Gasteiger partial charge in [-0.05, 0) is 18.9 Å². The Kier molecular flexibility index (Phi) is 1.63. The van der Waals surface area contributed by atoms with Gasteiger partial charge in [-0.1, -0.05) is 12.1 Å². The molecule has 0 bridgehead atoms. The van der Waals surface area contributed by atoms with E-state index in [4.69, 9.17) is 9.52 Å².